The Kier molecular flexibility index (Phi) is 5.42. The average Bonchev–Trinajstić information content (AvgIpc) is 3.09. The summed E-state index contributed by atoms with van der Waals surface area (Å²) in [6.45, 7) is 0. The summed E-state index contributed by atoms with van der Waals surface area (Å²) in [7, 11) is 0. The van der Waals surface area contributed by atoms with Gasteiger partial charge in [-0.3, -0.25) is 4.79 Å². The molecule has 0 aliphatic rings. The van der Waals surface area contributed by atoms with E-state index in [9.17, 15) is 14.7 Å². The van der Waals surface area contributed by atoms with Gasteiger partial charge in [0.15, 0.2) is 5.13 Å². The molecule has 8 heteroatoms. The third kappa shape index (κ3) is 4.43. The zero-order valence-corrected chi connectivity index (χ0v) is 14.5. The Bertz CT molecular complexity index is 897. The molecule has 0 aliphatic heterocycles. The number of thioether (sulfide) groups is 1. The van der Waals surface area contributed by atoms with Crippen LogP contribution in [0.1, 0.15) is 10.4 Å². The van der Waals surface area contributed by atoms with Crippen molar-refractivity contribution in [3.8, 4) is 11.3 Å². The van der Waals surface area contributed by atoms with E-state index >= 15 is 0 Å². The van der Waals surface area contributed by atoms with Gasteiger partial charge in [0.05, 0.1) is 17.4 Å². The highest BCUT2D eigenvalue weighted by molar-refractivity contribution is 8.00. The Morgan fingerprint density at radius 3 is 2.72 bits per heavy atom. The predicted molar refractivity (Wildman–Crippen MR) is 95.5 cm³/mol. The number of carboxylic acid groups (broad SMARTS) is 1. The average molecular weight is 370 g/mol. The SMILES string of the molecule is O=C(CSc1ncccc1C(=O)[O-])Nc1nc(-c2ccccc2)cs1. The fourth-order valence-electron chi connectivity index (χ4n) is 2.02. The number of hydrogen-bond acceptors (Lipinski definition) is 7. The molecule has 1 N–H and O–H groups in total. The van der Waals surface area contributed by atoms with Gasteiger partial charge in [-0.05, 0) is 12.1 Å². The number of aromatic nitrogens is 2. The maximum Gasteiger partial charge on any atom is 0.236 e. The lowest BCUT2D eigenvalue weighted by atomic mass is 10.2. The van der Waals surface area contributed by atoms with Gasteiger partial charge in [0, 0.05) is 22.7 Å². The Labute approximate surface area is 152 Å². The largest absolute Gasteiger partial charge is 0.545 e. The van der Waals surface area contributed by atoms with Gasteiger partial charge < -0.3 is 15.2 Å². The van der Waals surface area contributed by atoms with Crippen LogP contribution in [0.2, 0.25) is 0 Å². The highest BCUT2D eigenvalue weighted by atomic mass is 32.2. The van der Waals surface area contributed by atoms with Crippen LogP contribution in [0.4, 0.5) is 5.13 Å². The van der Waals surface area contributed by atoms with E-state index in [4.69, 9.17) is 0 Å². The highest BCUT2D eigenvalue weighted by Gasteiger charge is 2.11. The van der Waals surface area contributed by atoms with Crippen LogP contribution >= 0.6 is 23.1 Å². The van der Waals surface area contributed by atoms with E-state index in [1.165, 1.54) is 29.7 Å². The number of rotatable bonds is 6. The minimum atomic E-state index is -1.32. The van der Waals surface area contributed by atoms with Crippen molar-refractivity contribution in [1.82, 2.24) is 9.97 Å². The van der Waals surface area contributed by atoms with E-state index in [1.807, 2.05) is 35.7 Å². The summed E-state index contributed by atoms with van der Waals surface area (Å²) in [5, 5.41) is 16.3. The molecule has 1 amide bonds. The van der Waals surface area contributed by atoms with Gasteiger partial charge in [-0.25, -0.2) is 9.97 Å². The number of anilines is 1. The van der Waals surface area contributed by atoms with Crippen molar-refractivity contribution in [2.45, 2.75) is 5.03 Å². The van der Waals surface area contributed by atoms with E-state index in [2.05, 4.69) is 15.3 Å². The molecule has 0 spiro atoms. The zero-order chi connectivity index (χ0) is 17.6. The number of carbonyl (C=O) groups is 2. The molecule has 0 radical (unpaired) electrons. The summed E-state index contributed by atoms with van der Waals surface area (Å²) in [6.07, 6.45) is 1.47. The van der Waals surface area contributed by atoms with E-state index in [0.29, 0.717) is 5.13 Å². The number of carboxylic acids is 1. The van der Waals surface area contributed by atoms with E-state index in [1.54, 1.807) is 0 Å². The Balaban J connectivity index is 1.61. The molecule has 1 aromatic carbocycles. The fraction of sp³-hybridized carbons (Fsp3) is 0.0588. The van der Waals surface area contributed by atoms with Crippen LogP contribution in [-0.2, 0) is 4.79 Å². The zero-order valence-electron chi connectivity index (χ0n) is 12.8. The molecule has 2 heterocycles. The monoisotopic (exact) mass is 370 g/mol. The molecule has 6 nitrogen and oxygen atoms in total. The van der Waals surface area contributed by atoms with Gasteiger partial charge in [-0.15, -0.1) is 11.3 Å². The van der Waals surface area contributed by atoms with Crippen LogP contribution in [0, 0.1) is 0 Å². The molecule has 2 aromatic heterocycles. The van der Waals surface area contributed by atoms with Crippen LogP contribution in [0.3, 0.4) is 0 Å². The first kappa shape index (κ1) is 17.1. The lowest BCUT2D eigenvalue weighted by Crippen LogP contribution is -2.23. The Hall–Kier alpha value is -2.71. The van der Waals surface area contributed by atoms with E-state index in [0.717, 1.165) is 23.0 Å². The number of thiazole rings is 1. The molecule has 0 fully saturated rings. The van der Waals surface area contributed by atoms with Crippen LogP contribution < -0.4 is 10.4 Å². The Morgan fingerprint density at radius 2 is 1.96 bits per heavy atom. The molecule has 0 atom stereocenters. The van der Waals surface area contributed by atoms with E-state index < -0.39 is 5.97 Å². The molecule has 0 saturated carbocycles. The van der Waals surface area contributed by atoms with Crippen LogP contribution in [0.5, 0.6) is 0 Å². The minimum Gasteiger partial charge on any atom is -0.545 e. The number of carbonyl (C=O) groups excluding carboxylic acids is 2. The van der Waals surface area contributed by atoms with Gasteiger partial charge in [-0.2, -0.15) is 0 Å². The number of nitrogens with zero attached hydrogens (tertiary/aromatic N) is 2. The summed E-state index contributed by atoms with van der Waals surface area (Å²) < 4.78 is 0. The standard InChI is InChI=1S/C17H13N3O3S2/c21-14(10-24-15-12(16(22)23)7-4-8-18-15)20-17-19-13(9-25-17)11-5-2-1-3-6-11/h1-9H,10H2,(H,22,23)(H,19,20,21)/p-1. The molecule has 0 unspecified atom stereocenters. The van der Waals surface area contributed by atoms with Crippen molar-refractivity contribution in [3.63, 3.8) is 0 Å². The normalized spacial score (nSPS) is 10.4. The number of hydrogen-bond donors (Lipinski definition) is 1. The number of amides is 1. The first-order valence-corrected chi connectivity index (χ1v) is 9.10. The molecule has 0 bridgehead atoms. The van der Waals surface area contributed by atoms with Gasteiger partial charge >= 0.3 is 0 Å². The van der Waals surface area contributed by atoms with Gasteiger partial charge in [0.2, 0.25) is 5.91 Å². The van der Waals surface area contributed by atoms with Crippen molar-refractivity contribution >= 4 is 40.1 Å². The third-order valence-corrected chi connectivity index (χ3v) is 4.91. The number of aromatic carboxylic acids is 1. The quantitative estimate of drug-likeness (QED) is 0.669. The summed E-state index contributed by atoms with van der Waals surface area (Å²) in [4.78, 5) is 31.4. The van der Waals surface area contributed by atoms with E-state index in [-0.39, 0.29) is 22.2 Å². The smallest absolute Gasteiger partial charge is 0.236 e. The summed E-state index contributed by atoms with van der Waals surface area (Å²) in [6, 6.07) is 12.6. The lowest BCUT2D eigenvalue weighted by Gasteiger charge is -2.08. The summed E-state index contributed by atoms with van der Waals surface area (Å²) in [5.74, 6) is -1.57. The van der Waals surface area contributed by atoms with Crippen molar-refractivity contribution in [3.05, 3.63) is 59.6 Å². The second-order valence-electron chi connectivity index (χ2n) is 4.88. The van der Waals surface area contributed by atoms with Gasteiger partial charge in [0.1, 0.15) is 5.03 Å². The first-order valence-electron chi connectivity index (χ1n) is 7.23. The molecular weight excluding hydrogens is 358 g/mol. The second kappa shape index (κ2) is 7.91. The molecule has 0 aliphatic carbocycles. The highest BCUT2D eigenvalue weighted by Crippen LogP contribution is 2.25. The lowest BCUT2D eigenvalue weighted by molar-refractivity contribution is -0.255. The van der Waals surface area contributed by atoms with Crippen molar-refractivity contribution < 1.29 is 14.7 Å². The van der Waals surface area contributed by atoms with Gasteiger partial charge in [0.25, 0.3) is 0 Å². The van der Waals surface area contributed by atoms with Crippen LogP contribution in [-0.4, -0.2) is 27.6 Å². The second-order valence-corrected chi connectivity index (χ2v) is 6.71. The topological polar surface area (TPSA) is 95.0 Å². The number of nitrogens with one attached hydrogen (secondary N) is 1. The molecule has 25 heavy (non-hydrogen) atoms. The molecular formula is C17H12N3O3S2-. The minimum absolute atomic E-state index is 0.0253. The first-order chi connectivity index (χ1) is 12.1. The molecule has 3 aromatic rings. The van der Waals surface area contributed by atoms with Crippen LogP contribution in [0.15, 0.2) is 59.1 Å². The summed E-state index contributed by atoms with van der Waals surface area (Å²) in [5.41, 5.74) is 1.74. The van der Waals surface area contributed by atoms with Crippen LogP contribution in [0.25, 0.3) is 11.3 Å². The predicted octanol–water partition coefficient (Wildman–Crippen LogP) is 2.30. The fourth-order valence-corrected chi connectivity index (χ4v) is 3.54. The summed E-state index contributed by atoms with van der Waals surface area (Å²) >= 11 is 2.37. The van der Waals surface area contributed by atoms with Crippen molar-refractivity contribution in [2.24, 2.45) is 0 Å². The van der Waals surface area contributed by atoms with Crippen molar-refractivity contribution in [2.75, 3.05) is 11.1 Å². The Morgan fingerprint density at radius 1 is 1.16 bits per heavy atom. The molecule has 3 rings (SSSR count). The number of benzene rings is 1. The molecule has 0 saturated heterocycles. The van der Waals surface area contributed by atoms with Crippen molar-refractivity contribution in [1.29, 1.82) is 0 Å². The number of pyridine rings is 1. The molecule has 126 valence electrons. The maximum atomic E-state index is 12.1. The van der Waals surface area contributed by atoms with Gasteiger partial charge in [-0.1, -0.05) is 42.1 Å². The third-order valence-electron chi connectivity index (χ3n) is 3.15. The maximum absolute atomic E-state index is 12.1.